The molecule has 54 heteroatoms. The number of aliphatic hydroxyl groups excluding tert-OH is 2. The maximum atomic E-state index is 14.8. The molecule has 620 valence electrons. The molecule has 1 heterocycles. The van der Waals surface area contributed by atoms with E-state index in [0.717, 1.165) is 26.7 Å². The molecule has 13 atom stereocenters. The Kier molecular flexibility index (Phi) is 63.8. The first-order chi connectivity index (χ1) is 49.4. The van der Waals surface area contributed by atoms with Gasteiger partial charge in [-0.1, -0.05) is 60.8 Å². The van der Waals surface area contributed by atoms with Gasteiger partial charge in [-0.05, 0) is 158 Å². The van der Waals surface area contributed by atoms with Crippen LogP contribution in [-0.4, -0.2) is 281 Å². The minimum absolute atomic E-state index is 0. The van der Waals surface area contributed by atoms with Crippen LogP contribution in [0.25, 0.3) is 0 Å². The molecule has 1 aliphatic heterocycles. The third-order valence-corrected chi connectivity index (χ3v) is 18.3. The molecule has 0 saturated carbocycles. The SMILES string of the molecule is CC[C@H](C)CCCCC([O-])=N[C@@H](CCNCS(=O)(=O)O)C(=O)N[C@H](C(=O)N[C@@H](CCNCS(=O)(=O)O)C([O-])=N[C@H]1CCNC(=O)[C@H]([C@@H](C)O)NC(=O)[C@H](CCNCS(=O)(=O)O)N=C([O-])[C@H](CCNCS(=O)(=O)O)NC(=O)[C@H](CC(C)C)NC(=O)[C@@H](CC(C)C)N=C([O-])[C@H](CCNCS(=O)(=O)O)N=C1[O-])[C@@H](C)O.[Na+].[Na+].[Na+].[Na+].[Na+]. The van der Waals surface area contributed by atoms with Crippen molar-refractivity contribution in [2.75, 3.05) is 68.7 Å². The van der Waals surface area contributed by atoms with Gasteiger partial charge in [-0.2, -0.15) is 42.1 Å². The molecule has 18 N–H and O–H groups in total. The number of nitrogens with one attached hydrogen (secondary N) is 11. The molecule has 44 nitrogen and oxygen atoms in total. The molecule has 0 unspecified atom stereocenters. The topological polar surface area (TPSA) is 724 Å². The Morgan fingerprint density at radius 3 is 1.45 bits per heavy atom. The molecular formula is C58H105N16Na5O28S5. The molecule has 0 bridgehead atoms. The Labute approximate surface area is 765 Å². The van der Waals surface area contributed by atoms with Gasteiger partial charge >= 0.3 is 148 Å². The summed E-state index contributed by atoms with van der Waals surface area (Å²) < 4.78 is 163. The third-order valence-electron chi connectivity index (χ3n) is 15.5. The number of unbranched alkanes of at least 4 members (excludes halogenated alkanes) is 1. The zero-order valence-corrected chi connectivity index (χ0v) is 79.7. The van der Waals surface area contributed by atoms with Crippen LogP contribution in [0.4, 0.5) is 0 Å². The molecule has 112 heavy (non-hydrogen) atoms. The van der Waals surface area contributed by atoms with Gasteiger partial charge in [0.05, 0.1) is 36.4 Å². The molecule has 0 aromatic heterocycles. The van der Waals surface area contributed by atoms with E-state index in [1.54, 1.807) is 27.7 Å². The predicted molar refractivity (Wildman–Crippen MR) is 379 cm³/mol. The number of carbonyl (C=O) groups is 6. The monoisotopic (exact) mass is 1750 g/mol. The van der Waals surface area contributed by atoms with Crippen molar-refractivity contribution >= 4 is 116 Å². The van der Waals surface area contributed by atoms with E-state index in [1.807, 2.05) is 13.8 Å². The van der Waals surface area contributed by atoms with Crippen molar-refractivity contribution in [3.63, 3.8) is 0 Å². The van der Waals surface area contributed by atoms with E-state index in [1.165, 1.54) is 0 Å². The van der Waals surface area contributed by atoms with Gasteiger partial charge in [0.1, 0.15) is 65.6 Å². The minimum Gasteiger partial charge on any atom is -0.862 e. The summed E-state index contributed by atoms with van der Waals surface area (Å²) >= 11 is 0. The average molecular weight is 1750 g/mol. The number of aliphatic imine (C=N–C) groups is 5. The second-order valence-corrected chi connectivity index (χ2v) is 33.5. The van der Waals surface area contributed by atoms with E-state index in [4.69, 9.17) is 0 Å². The first kappa shape index (κ1) is 119. The van der Waals surface area contributed by atoms with Gasteiger partial charge in [0.25, 0.3) is 50.6 Å². The molecule has 0 radical (unpaired) electrons. The van der Waals surface area contributed by atoms with E-state index >= 15 is 0 Å². The zero-order chi connectivity index (χ0) is 81.8. The Morgan fingerprint density at radius 1 is 0.527 bits per heavy atom. The van der Waals surface area contributed by atoms with Gasteiger partial charge in [0.15, 0.2) is 0 Å². The number of hydrogen-bond acceptors (Lipinski definition) is 33. The maximum Gasteiger partial charge on any atom is 1.00 e. The van der Waals surface area contributed by atoms with E-state index in [9.17, 15) is 129 Å². The van der Waals surface area contributed by atoms with Gasteiger partial charge in [-0.25, -0.2) is 0 Å². The fourth-order valence-corrected chi connectivity index (χ4v) is 11.8. The molecule has 0 aromatic carbocycles. The van der Waals surface area contributed by atoms with Gasteiger partial charge < -0.3 is 94.2 Å². The van der Waals surface area contributed by atoms with Crippen LogP contribution < -0.4 is 232 Å². The Bertz CT molecular complexity index is 3640. The maximum absolute atomic E-state index is 14.8. The number of rotatable bonds is 44. The minimum atomic E-state index is -4.79. The summed E-state index contributed by atoms with van der Waals surface area (Å²) in [7, 11) is -23.6. The number of carbonyl (C=O) groups excluding carboxylic acids is 6. The molecule has 0 spiro atoms. The van der Waals surface area contributed by atoms with E-state index in [-0.39, 0.29) is 174 Å². The van der Waals surface area contributed by atoms with Crippen LogP contribution in [0, 0.1) is 17.8 Å². The smallest absolute Gasteiger partial charge is 0.862 e. The second-order valence-electron chi connectivity index (χ2n) is 26.3. The van der Waals surface area contributed by atoms with E-state index in [0.29, 0.717) is 18.8 Å². The normalized spacial score (nSPS) is 21.0. The largest absolute Gasteiger partial charge is 1.00 e. The predicted octanol–water partition coefficient (Wildman–Crippen LogP) is -24.8. The van der Waals surface area contributed by atoms with Crippen LogP contribution >= 0.6 is 0 Å². The molecular weight excluding hydrogens is 1640 g/mol. The Morgan fingerprint density at radius 2 is 0.973 bits per heavy atom. The Hall–Kier alpha value is -1.56. The quantitative estimate of drug-likeness (QED) is 0.00885. The zero-order valence-electron chi connectivity index (χ0n) is 65.6. The first-order valence-corrected chi connectivity index (χ1v) is 42.1. The van der Waals surface area contributed by atoms with Crippen molar-refractivity contribution in [2.24, 2.45) is 42.7 Å². The average Bonchev–Trinajstić information content (AvgIpc) is 0.943. The van der Waals surface area contributed by atoms with Gasteiger partial charge in [0.2, 0.25) is 35.4 Å². The summed E-state index contributed by atoms with van der Waals surface area (Å²) in [6.07, 6.45) is -6.02. The third kappa shape index (κ3) is 56.1. The number of nitrogens with zero attached hydrogens (tertiary/aromatic N) is 5. The van der Waals surface area contributed by atoms with Crippen LogP contribution in [0.1, 0.15) is 139 Å². The van der Waals surface area contributed by atoms with E-state index < -0.39 is 301 Å². The summed E-state index contributed by atoms with van der Waals surface area (Å²) in [6, 6.07) is -19.7. The second kappa shape index (κ2) is 60.0. The summed E-state index contributed by atoms with van der Waals surface area (Å²) in [4.78, 5) is 105. The van der Waals surface area contributed by atoms with Gasteiger partial charge in [0, 0.05) is 6.54 Å². The van der Waals surface area contributed by atoms with Crippen molar-refractivity contribution in [1.29, 1.82) is 0 Å². The first-order valence-electron chi connectivity index (χ1n) is 34.1. The van der Waals surface area contributed by atoms with Gasteiger partial charge in [-0.15, -0.1) is 0 Å². The summed E-state index contributed by atoms with van der Waals surface area (Å²) in [5.41, 5.74) is 0. The fraction of sp³-hybridized carbons (Fsp3) is 0.810. The van der Waals surface area contributed by atoms with Crippen LogP contribution in [0.3, 0.4) is 0 Å². The summed E-state index contributed by atoms with van der Waals surface area (Å²) in [5, 5.41) is 119. The van der Waals surface area contributed by atoms with Crippen molar-refractivity contribution < 1.29 is 277 Å². The van der Waals surface area contributed by atoms with Crippen LogP contribution in [0.5, 0.6) is 0 Å². The molecule has 0 aliphatic carbocycles. The molecule has 1 rings (SSSR count). The summed E-state index contributed by atoms with van der Waals surface area (Å²) in [6.45, 7) is 8.77. The number of aliphatic hydroxyl groups is 2. The molecule has 1 aliphatic rings. The molecule has 0 aromatic rings. The van der Waals surface area contributed by atoms with Crippen LogP contribution in [-0.2, 0) is 79.4 Å². The van der Waals surface area contributed by atoms with E-state index in [2.05, 4.69) is 83.4 Å². The van der Waals surface area contributed by atoms with Crippen molar-refractivity contribution in [3.05, 3.63) is 0 Å². The van der Waals surface area contributed by atoms with Gasteiger partial charge in [-0.3, -0.25) is 76.5 Å². The Balaban J connectivity index is -0.00000763. The number of amides is 6. The van der Waals surface area contributed by atoms with Crippen molar-refractivity contribution in [2.45, 2.75) is 211 Å². The number of hydrogen-bond donors (Lipinski definition) is 18. The fourth-order valence-electron chi connectivity index (χ4n) is 9.82. The molecule has 0 fully saturated rings. The van der Waals surface area contributed by atoms with Crippen molar-refractivity contribution in [1.82, 2.24) is 58.5 Å². The summed E-state index contributed by atoms with van der Waals surface area (Å²) in [5.74, 6) is -20.5. The molecule has 6 amide bonds. The van der Waals surface area contributed by atoms with Crippen LogP contribution in [0.15, 0.2) is 25.0 Å². The standard InChI is InChI=1S/C58H110N16O28S5.5Na/c1-9-35(6)12-10-11-13-46(77)65-38(14-20-59-28-103(88,89)90)53(82)74-48(37(8)76)58(87)70-41(17-23-62-31-106(97,98)99)50(79)68-43-19-25-64-57(86)47(36(7)75)73-54(83)42(18-24-63-32-107(100,101)102)67-49(78)39(15-21-60-29-104(91,92)93)69-55(84)44(26-33(2)3)72-56(85)45(27-34(4)5)71-52(81)40(66-51(43)80)16-22-61-30-105(94,95)96;;;;;/h33-45,47-48,59-63,75-76H,9-32H2,1-8H3,(H,64,86)(H,65,77)(H,66,80)(H,67,78)(H,68,79)(H,69,84)(H,70,87)(H,71,81)(H,72,85)(H,73,83)(H,74,82)(H,88,89,90)(H,91,92,93)(H,94,95,96)(H,97,98,99)(H,100,101,102);;;;;/q;5*+1/p-5/t35-,36+,37+,38-,39-,40-,41-,42-,43-,44-,45+,47-,48-;;;;;/m0...../s1. The van der Waals surface area contributed by atoms with Crippen LogP contribution in [0.2, 0.25) is 0 Å². The van der Waals surface area contributed by atoms with Crippen molar-refractivity contribution in [3.8, 4) is 0 Å². The molecule has 0 saturated heterocycles.